The molecule has 0 aliphatic carbocycles. The van der Waals surface area contributed by atoms with Crippen LogP contribution in [0.1, 0.15) is 0 Å². The quantitative estimate of drug-likeness (QED) is 0.511. The number of aromatic nitrogens is 2. The zero-order chi connectivity index (χ0) is 16.9. The molecule has 1 aliphatic heterocycles. The molecular weight excluding hydrogens is 312 g/mol. The van der Waals surface area contributed by atoms with Crippen molar-refractivity contribution < 1.29 is 20.1 Å². The highest BCUT2D eigenvalue weighted by molar-refractivity contribution is 5.35. The zero-order valence-corrected chi connectivity index (χ0v) is 12.9. The molecule has 0 bridgehead atoms. The maximum absolute atomic E-state index is 10.1. The Labute approximate surface area is 139 Å². The van der Waals surface area contributed by atoms with Crippen LogP contribution in [0.4, 0.5) is 11.6 Å². The van der Waals surface area contributed by atoms with E-state index in [2.05, 4.69) is 20.6 Å². The minimum Gasteiger partial charge on any atom is -0.388 e. The fourth-order valence-corrected chi connectivity index (χ4v) is 2.50. The Balaban J connectivity index is 1.65. The second-order valence-electron chi connectivity index (χ2n) is 5.52. The number of hydrogen-bond acceptors (Lipinski definition) is 8. The summed E-state index contributed by atoms with van der Waals surface area (Å²) in [5, 5.41) is 36.3. The van der Waals surface area contributed by atoms with Crippen molar-refractivity contribution in [3.05, 3.63) is 48.8 Å². The third-order valence-corrected chi connectivity index (χ3v) is 3.82. The normalized spacial score (nSPS) is 29.9. The van der Waals surface area contributed by atoms with Crippen molar-refractivity contribution in [3.63, 3.8) is 0 Å². The lowest BCUT2D eigenvalue weighted by atomic mass is 9.98. The first kappa shape index (κ1) is 16.6. The number of pyridine rings is 2. The number of anilines is 2. The van der Waals surface area contributed by atoms with E-state index < -0.39 is 30.6 Å². The van der Waals surface area contributed by atoms with Crippen molar-refractivity contribution in [2.75, 3.05) is 17.2 Å². The minimum absolute atomic E-state index is 0.225. The molecule has 8 heteroatoms. The number of aliphatic hydroxyl groups excluding tert-OH is 3. The van der Waals surface area contributed by atoms with Crippen molar-refractivity contribution in [1.29, 1.82) is 0 Å². The summed E-state index contributed by atoms with van der Waals surface area (Å²) in [6.45, 7) is 0.225. The molecular formula is C16H20N4O4. The maximum atomic E-state index is 10.1. The van der Waals surface area contributed by atoms with Crippen LogP contribution in [0.25, 0.3) is 0 Å². The molecule has 2 aromatic rings. The number of rotatable bonds is 5. The average Bonchev–Trinajstić information content (AvgIpc) is 2.63. The Kier molecular flexibility index (Phi) is 5.21. The topological polar surface area (TPSA) is 120 Å². The summed E-state index contributed by atoms with van der Waals surface area (Å²) in [7, 11) is 0. The molecule has 128 valence electrons. The van der Waals surface area contributed by atoms with Crippen molar-refractivity contribution in [2.45, 2.75) is 30.6 Å². The van der Waals surface area contributed by atoms with Crippen LogP contribution in [0, 0.1) is 0 Å². The van der Waals surface area contributed by atoms with E-state index in [0.29, 0.717) is 11.6 Å². The van der Waals surface area contributed by atoms with Crippen molar-refractivity contribution in [3.8, 4) is 0 Å². The van der Waals surface area contributed by atoms with Crippen LogP contribution in [0.3, 0.4) is 0 Å². The van der Waals surface area contributed by atoms with Crippen molar-refractivity contribution >= 4 is 11.6 Å². The second kappa shape index (κ2) is 7.54. The minimum atomic E-state index is -1.34. The van der Waals surface area contributed by atoms with E-state index in [9.17, 15) is 15.3 Å². The van der Waals surface area contributed by atoms with Gasteiger partial charge in [-0.2, -0.15) is 0 Å². The molecule has 0 saturated carbocycles. The monoisotopic (exact) mass is 332 g/mol. The molecule has 5 atom stereocenters. The molecule has 0 aromatic carbocycles. The summed E-state index contributed by atoms with van der Waals surface area (Å²) in [6, 6.07) is 10.7. The summed E-state index contributed by atoms with van der Waals surface area (Å²) in [5.74, 6) is 1.13. The first-order chi connectivity index (χ1) is 11.6. The highest BCUT2D eigenvalue weighted by Gasteiger charge is 2.43. The Morgan fingerprint density at radius 2 is 1.54 bits per heavy atom. The number of nitrogens with zero attached hydrogens (tertiary/aromatic N) is 2. The molecule has 0 radical (unpaired) electrons. The van der Waals surface area contributed by atoms with E-state index in [0.717, 1.165) is 0 Å². The Hall–Kier alpha value is -2.26. The van der Waals surface area contributed by atoms with Gasteiger partial charge >= 0.3 is 0 Å². The van der Waals surface area contributed by atoms with Gasteiger partial charge in [0, 0.05) is 18.9 Å². The standard InChI is InChI=1S/C16H20N4O4/c21-13-10(9-19-11-5-1-3-7-17-11)24-16(15(23)14(13)22)20-12-6-2-4-8-18-12/h1-8,10,13-16,21-23H,9H2,(H,17,19)(H,18,20)/t10-,13-,14+,15+,16-/m1/s1. The van der Waals surface area contributed by atoms with E-state index in [-0.39, 0.29) is 6.54 Å². The van der Waals surface area contributed by atoms with Crippen LogP contribution in [0.15, 0.2) is 48.8 Å². The van der Waals surface area contributed by atoms with Gasteiger partial charge in [0.1, 0.15) is 36.1 Å². The molecule has 2 aromatic heterocycles. The lowest BCUT2D eigenvalue weighted by molar-refractivity contribution is -0.210. The van der Waals surface area contributed by atoms with Crippen LogP contribution in [-0.2, 0) is 4.74 Å². The van der Waals surface area contributed by atoms with Crippen LogP contribution < -0.4 is 10.6 Å². The molecule has 3 rings (SSSR count). The average molecular weight is 332 g/mol. The lowest BCUT2D eigenvalue weighted by Gasteiger charge is -2.41. The molecule has 1 saturated heterocycles. The third kappa shape index (κ3) is 3.80. The van der Waals surface area contributed by atoms with Crippen LogP contribution in [0.5, 0.6) is 0 Å². The Bertz CT molecular complexity index is 628. The summed E-state index contributed by atoms with van der Waals surface area (Å²) < 4.78 is 5.71. The van der Waals surface area contributed by atoms with E-state index in [4.69, 9.17) is 4.74 Å². The third-order valence-electron chi connectivity index (χ3n) is 3.82. The molecule has 1 fully saturated rings. The summed E-state index contributed by atoms with van der Waals surface area (Å²) >= 11 is 0. The van der Waals surface area contributed by atoms with Crippen molar-refractivity contribution in [1.82, 2.24) is 9.97 Å². The van der Waals surface area contributed by atoms with Crippen LogP contribution in [0.2, 0.25) is 0 Å². The van der Waals surface area contributed by atoms with E-state index in [1.165, 1.54) is 0 Å². The second-order valence-corrected chi connectivity index (χ2v) is 5.52. The highest BCUT2D eigenvalue weighted by atomic mass is 16.5. The fourth-order valence-electron chi connectivity index (χ4n) is 2.50. The predicted octanol–water partition coefficient (Wildman–Crippen LogP) is -0.192. The molecule has 8 nitrogen and oxygen atoms in total. The Morgan fingerprint density at radius 1 is 0.875 bits per heavy atom. The smallest absolute Gasteiger partial charge is 0.158 e. The van der Waals surface area contributed by atoms with Gasteiger partial charge in [0.2, 0.25) is 0 Å². The van der Waals surface area contributed by atoms with Gasteiger partial charge in [-0.15, -0.1) is 0 Å². The number of nitrogens with one attached hydrogen (secondary N) is 2. The maximum Gasteiger partial charge on any atom is 0.158 e. The molecule has 0 unspecified atom stereocenters. The van der Waals surface area contributed by atoms with E-state index in [1.54, 1.807) is 42.7 Å². The van der Waals surface area contributed by atoms with Gasteiger partial charge in [0.25, 0.3) is 0 Å². The highest BCUT2D eigenvalue weighted by Crippen LogP contribution is 2.22. The lowest BCUT2D eigenvalue weighted by Crippen LogP contribution is -2.61. The van der Waals surface area contributed by atoms with E-state index >= 15 is 0 Å². The van der Waals surface area contributed by atoms with Gasteiger partial charge < -0.3 is 30.7 Å². The molecule has 0 amide bonds. The van der Waals surface area contributed by atoms with E-state index in [1.807, 2.05) is 6.07 Å². The van der Waals surface area contributed by atoms with Gasteiger partial charge in [-0.25, -0.2) is 9.97 Å². The van der Waals surface area contributed by atoms with Crippen LogP contribution >= 0.6 is 0 Å². The van der Waals surface area contributed by atoms with Gasteiger partial charge in [-0.1, -0.05) is 12.1 Å². The first-order valence-corrected chi connectivity index (χ1v) is 7.67. The largest absolute Gasteiger partial charge is 0.388 e. The number of ether oxygens (including phenoxy) is 1. The summed E-state index contributed by atoms with van der Waals surface area (Å²) in [6.07, 6.45) is -2.23. The molecule has 3 heterocycles. The number of aliphatic hydroxyl groups is 3. The van der Waals surface area contributed by atoms with Gasteiger partial charge in [0.05, 0.1) is 0 Å². The van der Waals surface area contributed by atoms with Crippen LogP contribution in [-0.4, -0.2) is 62.5 Å². The summed E-state index contributed by atoms with van der Waals surface area (Å²) in [4.78, 5) is 8.22. The molecule has 1 aliphatic rings. The summed E-state index contributed by atoms with van der Waals surface area (Å²) in [5.41, 5.74) is 0. The zero-order valence-electron chi connectivity index (χ0n) is 12.9. The van der Waals surface area contributed by atoms with Gasteiger partial charge in [0.15, 0.2) is 6.23 Å². The number of hydrogen-bond donors (Lipinski definition) is 5. The SMILES string of the molecule is O[C@@H]1[C@H](O)[C@H](Nc2ccccn2)O[C@H](CNc2ccccn2)[C@H]1O. The molecule has 5 N–H and O–H groups in total. The molecule has 24 heavy (non-hydrogen) atoms. The predicted molar refractivity (Wildman–Crippen MR) is 87.3 cm³/mol. The first-order valence-electron chi connectivity index (χ1n) is 7.67. The Morgan fingerprint density at radius 3 is 2.17 bits per heavy atom. The molecule has 0 spiro atoms. The van der Waals surface area contributed by atoms with Gasteiger partial charge in [-0.05, 0) is 24.3 Å². The fraction of sp³-hybridized carbons (Fsp3) is 0.375. The van der Waals surface area contributed by atoms with Gasteiger partial charge in [-0.3, -0.25) is 0 Å². The van der Waals surface area contributed by atoms with Crippen molar-refractivity contribution in [2.24, 2.45) is 0 Å².